The summed E-state index contributed by atoms with van der Waals surface area (Å²) < 4.78 is 39.2. The van der Waals surface area contributed by atoms with Crippen LogP contribution in [0.15, 0.2) is 24.3 Å². The smallest absolute Gasteiger partial charge is 0.203 e. The van der Waals surface area contributed by atoms with Crippen LogP contribution in [0.5, 0.6) is 34.5 Å². The maximum absolute atomic E-state index is 6.03. The van der Waals surface area contributed by atoms with Crippen molar-refractivity contribution < 1.29 is 33.2 Å². The highest BCUT2D eigenvalue weighted by molar-refractivity contribution is 5.56. The Hall–Kier alpha value is -2.80. The summed E-state index contributed by atoms with van der Waals surface area (Å²) in [5.74, 6) is 4.08. The van der Waals surface area contributed by atoms with E-state index in [0.717, 1.165) is 24.0 Å². The second kappa shape index (κ2) is 10.0. The Balaban J connectivity index is 2.01. The Kier molecular flexibility index (Phi) is 7.38. The van der Waals surface area contributed by atoms with Crippen molar-refractivity contribution in [1.82, 2.24) is 0 Å². The molecule has 0 aromatic heterocycles. The number of methoxy groups -OCH3 is 7. The van der Waals surface area contributed by atoms with Crippen molar-refractivity contribution >= 4 is 0 Å². The molecule has 1 fully saturated rings. The molecule has 7 heteroatoms. The van der Waals surface area contributed by atoms with Gasteiger partial charge in [-0.15, -0.1) is 0 Å². The average molecular weight is 433 g/mol. The predicted molar refractivity (Wildman–Crippen MR) is 118 cm³/mol. The van der Waals surface area contributed by atoms with Crippen molar-refractivity contribution in [2.75, 3.05) is 49.8 Å². The fourth-order valence-electron chi connectivity index (χ4n) is 4.64. The molecule has 7 nitrogen and oxygen atoms in total. The molecule has 170 valence electrons. The highest BCUT2D eigenvalue weighted by Gasteiger charge is 2.39. The third kappa shape index (κ3) is 4.19. The Morgan fingerprint density at radius 2 is 0.839 bits per heavy atom. The number of benzene rings is 2. The van der Waals surface area contributed by atoms with Gasteiger partial charge in [0, 0.05) is 18.9 Å². The lowest BCUT2D eigenvalue weighted by atomic mass is 9.89. The summed E-state index contributed by atoms with van der Waals surface area (Å²) in [6.07, 6.45) is 1.88. The molecule has 0 radical (unpaired) electrons. The van der Waals surface area contributed by atoms with Crippen LogP contribution in [0.4, 0.5) is 0 Å². The van der Waals surface area contributed by atoms with Gasteiger partial charge in [-0.3, -0.25) is 0 Å². The van der Waals surface area contributed by atoms with Crippen molar-refractivity contribution in [2.45, 2.75) is 30.8 Å². The molecule has 1 unspecified atom stereocenters. The SMILES string of the molecule is COc1cc([C@H]2CC[C@@H](c3cc(OC)c(OC)c(OC)c3)C2OC)cc(OC)c1OC. The Bertz CT molecular complexity index is 774. The normalized spacial score (nSPS) is 20.3. The quantitative estimate of drug-likeness (QED) is 0.581. The molecule has 31 heavy (non-hydrogen) atoms. The molecule has 1 aliphatic rings. The zero-order valence-corrected chi connectivity index (χ0v) is 19.3. The van der Waals surface area contributed by atoms with Crippen LogP contribution in [0, 0.1) is 0 Å². The predicted octanol–water partition coefficient (Wildman–Crippen LogP) is 4.41. The molecule has 0 spiro atoms. The van der Waals surface area contributed by atoms with E-state index in [4.69, 9.17) is 33.2 Å². The van der Waals surface area contributed by atoms with Crippen LogP contribution in [0.1, 0.15) is 35.8 Å². The molecule has 2 aromatic rings. The van der Waals surface area contributed by atoms with Crippen LogP contribution in [0.2, 0.25) is 0 Å². The molecule has 3 atom stereocenters. The third-order valence-electron chi connectivity index (χ3n) is 6.08. The van der Waals surface area contributed by atoms with Gasteiger partial charge in [0.15, 0.2) is 23.0 Å². The number of hydrogen-bond donors (Lipinski definition) is 0. The average Bonchev–Trinajstić information content (AvgIpc) is 3.25. The van der Waals surface area contributed by atoms with Gasteiger partial charge in [0.25, 0.3) is 0 Å². The van der Waals surface area contributed by atoms with Gasteiger partial charge in [-0.1, -0.05) is 0 Å². The number of hydrogen-bond acceptors (Lipinski definition) is 7. The van der Waals surface area contributed by atoms with Gasteiger partial charge >= 0.3 is 0 Å². The van der Waals surface area contributed by atoms with Crippen molar-refractivity contribution in [1.29, 1.82) is 0 Å². The van der Waals surface area contributed by atoms with E-state index in [0.29, 0.717) is 34.5 Å². The zero-order valence-electron chi connectivity index (χ0n) is 19.3. The minimum atomic E-state index is -0.0365. The minimum Gasteiger partial charge on any atom is -0.493 e. The van der Waals surface area contributed by atoms with Crippen molar-refractivity contribution in [3.05, 3.63) is 35.4 Å². The van der Waals surface area contributed by atoms with Gasteiger partial charge < -0.3 is 33.2 Å². The van der Waals surface area contributed by atoms with Crippen molar-refractivity contribution in [2.24, 2.45) is 0 Å². The van der Waals surface area contributed by atoms with Gasteiger partial charge in [-0.25, -0.2) is 0 Å². The summed E-state index contributed by atoms with van der Waals surface area (Å²) in [6.45, 7) is 0. The maximum Gasteiger partial charge on any atom is 0.203 e. The highest BCUT2D eigenvalue weighted by Crippen LogP contribution is 2.51. The second-order valence-electron chi connectivity index (χ2n) is 7.41. The van der Waals surface area contributed by atoms with Crippen molar-refractivity contribution in [3.8, 4) is 34.5 Å². The highest BCUT2D eigenvalue weighted by atomic mass is 16.5. The molecule has 3 rings (SSSR count). The first-order chi connectivity index (χ1) is 15.1. The number of ether oxygens (including phenoxy) is 7. The summed E-state index contributed by atoms with van der Waals surface area (Å²) in [6, 6.07) is 8.04. The maximum atomic E-state index is 6.03. The molecule has 0 N–H and O–H groups in total. The van der Waals surface area contributed by atoms with Gasteiger partial charge in [-0.05, 0) is 48.2 Å². The second-order valence-corrected chi connectivity index (χ2v) is 7.41. The molecule has 2 aromatic carbocycles. The largest absolute Gasteiger partial charge is 0.493 e. The molecule has 1 aliphatic carbocycles. The molecule has 1 saturated carbocycles. The number of rotatable bonds is 9. The van der Waals surface area contributed by atoms with E-state index >= 15 is 0 Å². The van der Waals surface area contributed by atoms with E-state index in [1.165, 1.54) is 0 Å². The van der Waals surface area contributed by atoms with E-state index in [2.05, 4.69) is 0 Å². The Morgan fingerprint density at radius 1 is 0.516 bits per heavy atom. The van der Waals surface area contributed by atoms with Gasteiger partial charge in [0.05, 0.1) is 48.8 Å². The van der Waals surface area contributed by atoms with E-state index in [9.17, 15) is 0 Å². The van der Waals surface area contributed by atoms with Crippen LogP contribution < -0.4 is 28.4 Å². The molecular formula is C24H32O7. The standard InChI is InChI=1S/C24H32O7/c1-25-18-10-14(11-19(26-2)23(18)30-6)16-8-9-17(22(16)29-5)15-12-20(27-3)24(31-7)21(13-15)28-4/h10-13,16-17,22H,8-9H2,1-7H3/t16-,17+,22?. The molecular weight excluding hydrogens is 400 g/mol. The lowest BCUT2D eigenvalue weighted by molar-refractivity contribution is 0.0804. The lowest BCUT2D eigenvalue weighted by Crippen LogP contribution is -2.21. The molecule has 0 aliphatic heterocycles. The first-order valence-electron chi connectivity index (χ1n) is 10.2. The molecule has 0 amide bonds. The van der Waals surface area contributed by atoms with E-state index in [1.807, 2.05) is 24.3 Å². The van der Waals surface area contributed by atoms with E-state index in [-0.39, 0.29) is 17.9 Å². The third-order valence-corrected chi connectivity index (χ3v) is 6.08. The fourth-order valence-corrected chi connectivity index (χ4v) is 4.64. The minimum absolute atomic E-state index is 0.0365. The fraction of sp³-hybridized carbons (Fsp3) is 0.500. The summed E-state index contributed by atoms with van der Waals surface area (Å²) in [7, 11) is 11.5. The monoisotopic (exact) mass is 432 g/mol. The zero-order chi connectivity index (χ0) is 22.5. The van der Waals surface area contributed by atoms with Gasteiger partial charge in [0.1, 0.15) is 0 Å². The molecule has 0 bridgehead atoms. The van der Waals surface area contributed by atoms with Gasteiger partial charge in [0.2, 0.25) is 11.5 Å². The van der Waals surface area contributed by atoms with Crippen LogP contribution in [0.3, 0.4) is 0 Å². The van der Waals surface area contributed by atoms with Crippen LogP contribution in [-0.4, -0.2) is 55.9 Å². The molecule has 0 heterocycles. The first-order valence-corrected chi connectivity index (χ1v) is 10.2. The van der Waals surface area contributed by atoms with Gasteiger partial charge in [-0.2, -0.15) is 0 Å². The Morgan fingerprint density at radius 3 is 1.06 bits per heavy atom. The summed E-state index contributed by atoms with van der Waals surface area (Å²) in [4.78, 5) is 0. The van der Waals surface area contributed by atoms with Crippen molar-refractivity contribution in [3.63, 3.8) is 0 Å². The van der Waals surface area contributed by atoms with Crippen LogP contribution in [0.25, 0.3) is 0 Å². The van der Waals surface area contributed by atoms with E-state index in [1.54, 1.807) is 49.8 Å². The summed E-state index contributed by atoms with van der Waals surface area (Å²) in [5.41, 5.74) is 2.19. The lowest BCUT2D eigenvalue weighted by Gasteiger charge is -2.26. The van der Waals surface area contributed by atoms with Crippen LogP contribution >= 0.6 is 0 Å². The first kappa shape index (κ1) is 22.9. The summed E-state index contributed by atoms with van der Waals surface area (Å²) in [5, 5.41) is 0. The summed E-state index contributed by atoms with van der Waals surface area (Å²) >= 11 is 0. The molecule has 0 saturated heterocycles. The van der Waals surface area contributed by atoms with E-state index < -0.39 is 0 Å². The topological polar surface area (TPSA) is 64.6 Å². The van der Waals surface area contributed by atoms with Crippen LogP contribution in [-0.2, 0) is 4.74 Å². The Labute approximate surface area is 184 Å².